The van der Waals surface area contributed by atoms with E-state index >= 15 is 0 Å². The van der Waals surface area contributed by atoms with Crippen LogP contribution in [0.1, 0.15) is 32.1 Å². The summed E-state index contributed by atoms with van der Waals surface area (Å²) in [5.41, 5.74) is 0. The smallest absolute Gasteiger partial charge is 0.207 e. The lowest BCUT2D eigenvalue weighted by molar-refractivity contribution is -0.0458. The van der Waals surface area contributed by atoms with Crippen LogP contribution in [0.4, 0.5) is 8.78 Å². The molecule has 1 aliphatic carbocycles. The fraction of sp³-hybridized carbons (Fsp3) is 1.00. The molecule has 4 heteroatoms. The predicted molar refractivity (Wildman–Crippen MR) is 53.0 cm³/mol. The second kappa shape index (κ2) is 4.70. The molecule has 0 unspecified atom stereocenters. The molecule has 1 saturated carbocycles. The maximum Gasteiger partial charge on any atom is 0.248 e. The highest BCUT2D eigenvalue weighted by atomic mass is 33.1. The third kappa shape index (κ3) is 3.52. The first kappa shape index (κ1) is 10.6. The van der Waals surface area contributed by atoms with Crippen molar-refractivity contribution in [3.63, 3.8) is 0 Å². The molecule has 0 radical (unpaired) electrons. The number of hydrogen-bond acceptors (Lipinski definition) is 2. The molecule has 0 aromatic heterocycles. The average molecular weight is 212 g/mol. The van der Waals surface area contributed by atoms with Crippen molar-refractivity contribution >= 4 is 22.5 Å². The van der Waals surface area contributed by atoms with E-state index < -0.39 is 5.92 Å². The quantitative estimate of drug-likeness (QED) is 0.548. The molecule has 72 valence electrons. The molecule has 0 N–H and O–H groups in total. The van der Waals surface area contributed by atoms with E-state index in [-0.39, 0.29) is 12.8 Å². The maximum absolute atomic E-state index is 12.7. The predicted octanol–water partition coefficient (Wildman–Crippen LogP) is 3.78. The van der Waals surface area contributed by atoms with E-state index in [4.69, 9.17) is 0 Å². The summed E-state index contributed by atoms with van der Waals surface area (Å²) in [5.74, 6) is -0.867. The molecule has 0 aromatic rings. The normalized spacial score (nSPS) is 24.2. The Bertz CT molecular complexity index is 129. The molecule has 0 bridgehead atoms. The molecule has 0 amide bonds. The Morgan fingerprint density at radius 2 is 1.92 bits per heavy atom. The Morgan fingerprint density at radius 1 is 1.33 bits per heavy atom. The van der Waals surface area contributed by atoms with Gasteiger partial charge in [-0.2, -0.15) is 0 Å². The van der Waals surface area contributed by atoms with E-state index in [1.165, 1.54) is 10.8 Å². The topological polar surface area (TPSA) is 0 Å². The Balaban J connectivity index is 2.18. The fourth-order valence-corrected chi connectivity index (χ4v) is 2.36. The lowest BCUT2D eigenvalue weighted by Gasteiger charge is -2.27. The molecular formula is C8H14F2S2. The Kier molecular flexibility index (Phi) is 4.17. The highest BCUT2D eigenvalue weighted by Gasteiger charge is 2.34. The van der Waals surface area contributed by atoms with Crippen molar-refractivity contribution in [2.24, 2.45) is 5.92 Å². The van der Waals surface area contributed by atoms with Crippen molar-refractivity contribution in [1.29, 1.82) is 0 Å². The lowest BCUT2D eigenvalue weighted by Crippen LogP contribution is -2.24. The first-order chi connectivity index (χ1) is 5.64. The van der Waals surface area contributed by atoms with Crippen LogP contribution in [0.2, 0.25) is 0 Å². The summed E-state index contributed by atoms with van der Waals surface area (Å²) in [6, 6.07) is 0. The molecule has 0 saturated heterocycles. The van der Waals surface area contributed by atoms with Crippen LogP contribution < -0.4 is 0 Å². The van der Waals surface area contributed by atoms with Gasteiger partial charge < -0.3 is 0 Å². The summed E-state index contributed by atoms with van der Waals surface area (Å²) < 4.78 is 25.4. The molecule has 12 heavy (non-hydrogen) atoms. The monoisotopic (exact) mass is 212 g/mol. The maximum atomic E-state index is 12.7. The Hall–Kier alpha value is 0.560. The van der Waals surface area contributed by atoms with Crippen LogP contribution in [0.25, 0.3) is 0 Å². The molecule has 1 aliphatic rings. The van der Waals surface area contributed by atoms with Gasteiger partial charge in [0.05, 0.1) is 0 Å². The molecule has 0 aliphatic heterocycles. The number of alkyl halides is 2. The average Bonchev–Trinajstić information content (AvgIpc) is 2.03. The highest BCUT2D eigenvalue weighted by molar-refractivity contribution is 8.68. The minimum Gasteiger partial charge on any atom is -0.207 e. The number of halogens is 2. The molecule has 0 nitrogen and oxygen atoms in total. The summed E-state index contributed by atoms with van der Waals surface area (Å²) in [4.78, 5) is 0. The van der Waals surface area contributed by atoms with Gasteiger partial charge in [-0.25, -0.2) is 8.78 Å². The molecule has 0 spiro atoms. The standard InChI is InChI=1S/C8H14F2S2/c9-8(10)4-1-7(2-5-8)3-6-12-11/h7,11H,1-6H2. The second-order valence-corrected chi connectivity index (χ2v) is 4.86. The SMILES string of the molecule is FC1(F)CCC(CCSS)CC1. The van der Waals surface area contributed by atoms with Gasteiger partial charge in [0, 0.05) is 18.6 Å². The molecular weight excluding hydrogens is 198 g/mol. The van der Waals surface area contributed by atoms with Crippen LogP contribution in [0, 0.1) is 5.92 Å². The molecule has 0 atom stereocenters. The Morgan fingerprint density at radius 3 is 2.42 bits per heavy atom. The number of thiol groups is 1. The van der Waals surface area contributed by atoms with E-state index in [1.807, 2.05) is 0 Å². The van der Waals surface area contributed by atoms with Crippen molar-refractivity contribution in [3.8, 4) is 0 Å². The van der Waals surface area contributed by atoms with Crippen LogP contribution in [0.15, 0.2) is 0 Å². The first-order valence-corrected chi connectivity index (χ1v) is 6.32. The molecule has 1 fully saturated rings. The largest absolute Gasteiger partial charge is 0.248 e. The lowest BCUT2D eigenvalue weighted by atomic mass is 9.85. The zero-order valence-corrected chi connectivity index (χ0v) is 8.64. The van der Waals surface area contributed by atoms with E-state index in [9.17, 15) is 8.78 Å². The third-order valence-corrected chi connectivity index (χ3v) is 3.42. The molecule has 0 heterocycles. The van der Waals surface area contributed by atoms with Crippen LogP contribution in [-0.2, 0) is 0 Å². The van der Waals surface area contributed by atoms with Crippen LogP contribution >= 0.6 is 22.5 Å². The number of hydrogen-bond donors (Lipinski definition) is 1. The number of rotatable bonds is 3. The minimum atomic E-state index is -2.37. The summed E-state index contributed by atoms with van der Waals surface area (Å²) >= 11 is 4.02. The van der Waals surface area contributed by atoms with Gasteiger partial charge in [-0.15, -0.1) is 11.7 Å². The van der Waals surface area contributed by atoms with Crippen molar-refractivity contribution in [2.75, 3.05) is 5.75 Å². The van der Waals surface area contributed by atoms with Crippen molar-refractivity contribution in [1.82, 2.24) is 0 Å². The summed E-state index contributed by atoms with van der Waals surface area (Å²) in [6.07, 6.45) is 2.62. The van der Waals surface area contributed by atoms with Gasteiger partial charge in [0.25, 0.3) is 0 Å². The van der Waals surface area contributed by atoms with Gasteiger partial charge in [0.2, 0.25) is 5.92 Å². The van der Waals surface area contributed by atoms with Gasteiger partial charge in [0.15, 0.2) is 0 Å². The minimum absolute atomic E-state index is 0.0922. The molecule has 0 aromatic carbocycles. The summed E-state index contributed by atoms with van der Waals surface area (Å²) in [5, 5.41) is 0. The zero-order valence-electron chi connectivity index (χ0n) is 6.93. The van der Waals surface area contributed by atoms with Crippen LogP contribution in [0.3, 0.4) is 0 Å². The van der Waals surface area contributed by atoms with Gasteiger partial charge in [-0.05, 0) is 25.2 Å². The highest BCUT2D eigenvalue weighted by Crippen LogP contribution is 2.37. The van der Waals surface area contributed by atoms with Crippen molar-refractivity contribution < 1.29 is 8.78 Å². The third-order valence-electron chi connectivity index (χ3n) is 2.45. The van der Waals surface area contributed by atoms with Gasteiger partial charge in [0.1, 0.15) is 0 Å². The summed E-state index contributed by atoms with van der Waals surface area (Å²) in [6.45, 7) is 0. The van der Waals surface area contributed by atoms with Gasteiger partial charge in [-0.1, -0.05) is 10.8 Å². The second-order valence-electron chi connectivity index (χ2n) is 3.42. The van der Waals surface area contributed by atoms with Crippen molar-refractivity contribution in [3.05, 3.63) is 0 Å². The molecule has 1 rings (SSSR count). The van der Waals surface area contributed by atoms with Crippen LogP contribution in [-0.4, -0.2) is 11.7 Å². The van der Waals surface area contributed by atoms with Crippen molar-refractivity contribution in [2.45, 2.75) is 38.0 Å². The summed E-state index contributed by atoms with van der Waals surface area (Å²) in [7, 11) is 1.50. The zero-order chi connectivity index (χ0) is 9.03. The van der Waals surface area contributed by atoms with Gasteiger partial charge in [-0.3, -0.25) is 0 Å². The van der Waals surface area contributed by atoms with E-state index in [0.717, 1.165) is 12.2 Å². The first-order valence-electron chi connectivity index (χ1n) is 4.28. The van der Waals surface area contributed by atoms with E-state index in [1.54, 1.807) is 0 Å². The Labute approximate surface area is 81.3 Å². The van der Waals surface area contributed by atoms with Crippen LogP contribution in [0.5, 0.6) is 0 Å². The fourth-order valence-electron chi connectivity index (χ4n) is 1.61. The van der Waals surface area contributed by atoms with E-state index in [2.05, 4.69) is 11.7 Å². The van der Waals surface area contributed by atoms with Gasteiger partial charge >= 0.3 is 0 Å². The van der Waals surface area contributed by atoms with E-state index in [0.29, 0.717) is 18.8 Å².